The van der Waals surface area contributed by atoms with Crippen LogP contribution in [0.5, 0.6) is 0 Å². The first kappa shape index (κ1) is 20.4. The minimum atomic E-state index is -1.14. The van der Waals surface area contributed by atoms with E-state index in [1.807, 2.05) is 13.8 Å². The van der Waals surface area contributed by atoms with E-state index in [2.05, 4.69) is 6.92 Å². The molecule has 0 saturated heterocycles. The molecule has 0 aromatic carbocycles. The summed E-state index contributed by atoms with van der Waals surface area (Å²) >= 11 is 0. The maximum absolute atomic E-state index is 11.2. The highest BCUT2D eigenvalue weighted by Gasteiger charge is 2.16. The van der Waals surface area contributed by atoms with Gasteiger partial charge < -0.3 is 14.9 Å². The van der Waals surface area contributed by atoms with Crippen molar-refractivity contribution in [3.8, 4) is 0 Å². The summed E-state index contributed by atoms with van der Waals surface area (Å²) in [6, 6.07) is 0. The van der Waals surface area contributed by atoms with Crippen molar-refractivity contribution in [1.29, 1.82) is 0 Å². The minimum Gasteiger partial charge on any atom is -0.478 e. The maximum Gasteiger partial charge on any atom is 0.335 e. The van der Waals surface area contributed by atoms with Crippen molar-refractivity contribution in [3.63, 3.8) is 0 Å². The van der Waals surface area contributed by atoms with E-state index in [1.165, 1.54) is 6.92 Å². The van der Waals surface area contributed by atoms with Crippen LogP contribution in [-0.2, 0) is 14.3 Å². The lowest BCUT2D eigenvalue weighted by Gasteiger charge is -2.23. The number of hydrogen-bond acceptors (Lipinski definition) is 3. The van der Waals surface area contributed by atoms with Crippen LogP contribution in [0, 0.1) is 5.92 Å². The number of carbonyl (C=O) groups is 2. The van der Waals surface area contributed by atoms with Crippen molar-refractivity contribution in [2.45, 2.75) is 59.0 Å². The lowest BCUT2D eigenvalue weighted by atomic mass is 9.93. The molecule has 22 heavy (non-hydrogen) atoms. The predicted octanol–water partition coefficient (Wildman–Crippen LogP) is 3.65. The van der Waals surface area contributed by atoms with Crippen molar-refractivity contribution >= 4 is 11.9 Å². The van der Waals surface area contributed by atoms with Gasteiger partial charge in [-0.1, -0.05) is 25.8 Å². The Morgan fingerprint density at radius 2 is 1.86 bits per heavy atom. The van der Waals surface area contributed by atoms with Crippen LogP contribution in [0.1, 0.15) is 53.4 Å². The Morgan fingerprint density at radius 3 is 2.32 bits per heavy atom. The molecule has 0 unspecified atom stereocenters. The monoisotopic (exact) mass is 312 g/mol. The van der Waals surface area contributed by atoms with Crippen LogP contribution >= 0.6 is 0 Å². The standard InChI is InChI=1S/C17H28O5/c1-12(7-6-10-17(3,4)22-5)8-9-14(16(20)21)13(2)11-15(18)19/h9,11-12H,6-8,10H2,1-5H3,(H,18,19)(H,20,21)/b13-11+,14-9-/t12-/m1/s1. The van der Waals surface area contributed by atoms with E-state index in [0.717, 1.165) is 25.3 Å². The van der Waals surface area contributed by atoms with Gasteiger partial charge in [0.2, 0.25) is 0 Å². The summed E-state index contributed by atoms with van der Waals surface area (Å²) in [6.07, 6.45) is 6.07. The third kappa shape index (κ3) is 8.62. The summed E-state index contributed by atoms with van der Waals surface area (Å²) in [7, 11) is 1.70. The molecule has 0 heterocycles. The zero-order valence-electron chi connectivity index (χ0n) is 14.2. The second-order valence-electron chi connectivity index (χ2n) is 6.29. The van der Waals surface area contributed by atoms with Gasteiger partial charge in [-0.15, -0.1) is 0 Å². The number of allylic oxidation sites excluding steroid dienone is 1. The van der Waals surface area contributed by atoms with E-state index in [1.54, 1.807) is 13.2 Å². The maximum atomic E-state index is 11.2. The van der Waals surface area contributed by atoms with E-state index in [0.29, 0.717) is 12.3 Å². The highest BCUT2D eigenvalue weighted by molar-refractivity contribution is 5.94. The van der Waals surface area contributed by atoms with Crippen molar-refractivity contribution in [3.05, 3.63) is 23.3 Å². The molecular formula is C17H28O5. The Kier molecular flexibility index (Phi) is 8.72. The van der Waals surface area contributed by atoms with Crippen LogP contribution < -0.4 is 0 Å². The molecule has 0 aromatic heterocycles. The first-order valence-electron chi connectivity index (χ1n) is 7.49. The van der Waals surface area contributed by atoms with Gasteiger partial charge in [-0.2, -0.15) is 0 Å². The van der Waals surface area contributed by atoms with Crippen molar-refractivity contribution in [2.75, 3.05) is 7.11 Å². The Hall–Kier alpha value is -1.62. The number of carboxylic acids is 2. The van der Waals surface area contributed by atoms with E-state index >= 15 is 0 Å². The summed E-state index contributed by atoms with van der Waals surface area (Å²) in [5.74, 6) is -1.90. The zero-order chi connectivity index (χ0) is 17.3. The lowest BCUT2D eigenvalue weighted by Crippen LogP contribution is -2.22. The van der Waals surface area contributed by atoms with Gasteiger partial charge in [0.05, 0.1) is 11.2 Å². The van der Waals surface area contributed by atoms with Crippen LogP contribution in [0.15, 0.2) is 23.3 Å². The topological polar surface area (TPSA) is 83.8 Å². The molecule has 2 N–H and O–H groups in total. The van der Waals surface area contributed by atoms with Gasteiger partial charge in [-0.25, -0.2) is 9.59 Å². The number of rotatable bonds is 10. The number of carboxylic acid groups (broad SMARTS) is 2. The molecule has 0 saturated carbocycles. The Labute approximate surface area is 132 Å². The molecule has 0 amide bonds. The van der Waals surface area contributed by atoms with Gasteiger partial charge in [-0.05, 0) is 45.1 Å². The highest BCUT2D eigenvalue weighted by atomic mass is 16.5. The molecule has 0 aliphatic carbocycles. The van der Waals surface area contributed by atoms with Gasteiger partial charge in [0.25, 0.3) is 0 Å². The summed E-state index contributed by atoms with van der Waals surface area (Å²) in [4.78, 5) is 21.8. The summed E-state index contributed by atoms with van der Waals surface area (Å²) < 4.78 is 5.36. The molecule has 5 nitrogen and oxygen atoms in total. The summed E-state index contributed by atoms with van der Waals surface area (Å²) in [6.45, 7) is 7.65. The third-order valence-electron chi connectivity index (χ3n) is 3.75. The number of aliphatic carboxylic acids is 2. The molecule has 5 heteroatoms. The molecule has 0 aliphatic rings. The van der Waals surface area contributed by atoms with Crippen LogP contribution in [-0.4, -0.2) is 34.9 Å². The van der Waals surface area contributed by atoms with Gasteiger partial charge in [0.15, 0.2) is 0 Å². The lowest BCUT2D eigenvalue weighted by molar-refractivity contribution is -0.132. The summed E-state index contributed by atoms with van der Waals surface area (Å²) in [5, 5.41) is 17.9. The average molecular weight is 312 g/mol. The second kappa shape index (κ2) is 9.41. The van der Waals surface area contributed by atoms with Gasteiger partial charge >= 0.3 is 11.9 Å². The Morgan fingerprint density at radius 1 is 1.27 bits per heavy atom. The molecule has 0 spiro atoms. The highest BCUT2D eigenvalue weighted by Crippen LogP contribution is 2.21. The molecule has 0 aromatic rings. The first-order chi connectivity index (χ1) is 10.1. The molecule has 1 atom stereocenters. The molecule has 0 aliphatic heterocycles. The molecule has 0 fully saturated rings. The molecule has 0 bridgehead atoms. The van der Waals surface area contributed by atoms with Gasteiger partial charge in [0, 0.05) is 13.2 Å². The molecule has 0 rings (SSSR count). The van der Waals surface area contributed by atoms with Crippen LogP contribution in [0.25, 0.3) is 0 Å². The fourth-order valence-corrected chi connectivity index (χ4v) is 2.10. The quantitative estimate of drug-likeness (QED) is 0.475. The molecule has 126 valence electrons. The fourth-order valence-electron chi connectivity index (χ4n) is 2.10. The summed E-state index contributed by atoms with van der Waals surface area (Å²) in [5.41, 5.74) is 0.182. The predicted molar refractivity (Wildman–Crippen MR) is 85.8 cm³/mol. The average Bonchev–Trinajstić information content (AvgIpc) is 2.37. The molecule has 0 radical (unpaired) electrons. The number of ether oxygens (including phenoxy) is 1. The van der Waals surface area contributed by atoms with E-state index in [9.17, 15) is 9.59 Å². The first-order valence-corrected chi connectivity index (χ1v) is 7.49. The SMILES string of the molecule is COC(C)(C)CCC[C@@H](C)C/C=C(C(=O)O)/C(C)=C/C(=O)O. The van der Waals surface area contributed by atoms with Crippen molar-refractivity contribution < 1.29 is 24.5 Å². The number of hydrogen-bond donors (Lipinski definition) is 2. The second-order valence-corrected chi connectivity index (χ2v) is 6.29. The van der Waals surface area contributed by atoms with E-state index < -0.39 is 11.9 Å². The van der Waals surface area contributed by atoms with Gasteiger partial charge in [-0.3, -0.25) is 0 Å². The van der Waals surface area contributed by atoms with Gasteiger partial charge in [0.1, 0.15) is 0 Å². The van der Waals surface area contributed by atoms with Crippen molar-refractivity contribution in [2.24, 2.45) is 5.92 Å². The largest absolute Gasteiger partial charge is 0.478 e. The Balaban J connectivity index is 4.57. The minimum absolute atomic E-state index is 0.0615. The van der Waals surface area contributed by atoms with Crippen LogP contribution in [0.2, 0.25) is 0 Å². The Bertz CT molecular complexity index is 446. The van der Waals surface area contributed by atoms with Crippen LogP contribution in [0.4, 0.5) is 0 Å². The molecular weight excluding hydrogens is 284 g/mol. The smallest absolute Gasteiger partial charge is 0.335 e. The van der Waals surface area contributed by atoms with Crippen LogP contribution in [0.3, 0.4) is 0 Å². The zero-order valence-corrected chi connectivity index (χ0v) is 14.2. The van der Waals surface area contributed by atoms with E-state index in [-0.39, 0.29) is 16.7 Å². The fraction of sp³-hybridized carbons (Fsp3) is 0.647. The van der Waals surface area contributed by atoms with E-state index in [4.69, 9.17) is 14.9 Å². The third-order valence-corrected chi connectivity index (χ3v) is 3.75. The van der Waals surface area contributed by atoms with Crippen molar-refractivity contribution in [1.82, 2.24) is 0 Å². The normalized spacial score (nSPS) is 14.8. The number of methoxy groups -OCH3 is 1.